The summed E-state index contributed by atoms with van der Waals surface area (Å²) in [5.41, 5.74) is 2.28. The molecule has 0 saturated heterocycles. The lowest BCUT2D eigenvalue weighted by molar-refractivity contribution is -0.139. The second-order valence-corrected chi connectivity index (χ2v) is 8.04. The summed E-state index contributed by atoms with van der Waals surface area (Å²) in [6.07, 6.45) is 8.75. The molecule has 3 atom stereocenters. The quantitative estimate of drug-likeness (QED) is 0.465. The van der Waals surface area contributed by atoms with Gasteiger partial charge < -0.3 is 14.9 Å². The number of rotatable bonds is 13. The number of alkyl halides is 1. The molecule has 158 valence electrons. The number of aliphatic hydroxyl groups is 1. The summed E-state index contributed by atoms with van der Waals surface area (Å²) in [4.78, 5) is 10.8. The molecule has 0 unspecified atom stereocenters. The normalized spacial score (nSPS) is 18.3. The molecule has 0 bridgehead atoms. The molecule has 2 N–H and O–H groups in total. The third kappa shape index (κ3) is 7.08. The van der Waals surface area contributed by atoms with E-state index in [1.54, 1.807) is 0 Å². The number of carboxylic acids is 1. The summed E-state index contributed by atoms with van der Waals surface area (Å²) in [6.45, 7) is 1.50. The highest BCUT2D eigenvalue weighted by Gasteiger charge is 2.28. The molecule has 28 heavy (non-hydrogen) atoms. The average molecular weight is 395 g/mol. The van der Waals surface area contributed by atoms with E-state index in [2.05, 4.69) is 13.0 Å². The van der Waals surface area contributed by atoms with E-state index in [0.29, 0.717) is 18.1 Å². The second-order valence-electron chi connectivity index (χ2n) is 8.04. The Kier molecular flexibility index (Phi) is 9.76. The van der Waals surface area contributed by atoms with Crippen LogP contribution in [0.25, 0.3) is 0 Å². The Morgan fingerprint density at radius 1 is 1.25 bits per heavy atom. The second kappa shape index (κ2) is 12.1. The lowest BCUT2D eigenvalue weighted by Crippen LogP contribution is -2.25. The average Bonchev–Trinajstić information content (AvgIpc) is 2.69. The molecule has 1 aromatic carbocycles. The number of hydrogen-bond donors (Lipinski definition) is 2. The highest BCUT2D eigenvalue weighted by atomic mass is 19.1. The van der Waals surface area contributed by atoms with Crippen molar-refractivity contribution >= 4 is 5.97 Å². The van der Waals surface area contributed by atoms with Crippen LogP contribution in [0.5, 0.6) is 5.75 Å². The van der Waals surface area contributed by atoms with Crippen LogP contribution in [0.15, 0.2) is 18.2 Å². The zero-order chi connectivity index (χ0) is 20.4. The fourth-order valence-electron chi connectivity index (χ4n) is 4.41. The Balaban J connectivity index is 1.95. The highest BCUT2D eigenvalue weighted by molar-refractivity contribution is 5.68. The van der Waals surface area contributed by atoms with Crippen LogP contribution in [-0.2, 0) is 17.6 Å². The Labute approximate surface area is 168 Å². The van der Waals surface area contributed by atoms with Crippen LogP contribution in [-0.4, -0.2) is 35.6 Å². The Hall–Kier alpha value is -1.62. The zero-order valence-corrected chi connectivity index (χ0v) is 17.0. The van der Waals surface area contributed by atoms with Crippen molar-refractivity contribution in [3.8, 4) is 5.75 Å². The number of unbranched alkanes of at least 4 members (excludes halogenated alkanes) is 2. The van der Waals surface area contributed by atoms with Crippen molar-refractivity contribution in [2.75, 3.05) is 13.3 Å². The Morgan fingerprint density at radius 2 is 2.07 bits per heavy atom. The third-order valence-electron chi connectivity index (χ3n) is 5.99. The summed E-state index contributed by atoms with van der Waals surface area (Å²) >= 11 is 0. The molecular weight excluding hydrogens is 359 g/mol. The molecule has 0 aromatic heterocycles. The van der Waals surface area contributed by atoms with Crippen molar-refractivity contribution in [2.45, 2.75) is 77.2 Å². The van der Waals surface area contributed by atoms with Gasteiger partial charge in [0.15, 0.2) is 6.61 Å². The fourth-order valence-corrected chi connectivity index (χ4v) is 4.41. The molecule has 5 heteroatoms. The van der Waals surface area contributed by atoms with Gasteiger partial charge >= 0.3 is 5.97 Å². The lowest BCUT2D eigenvalue weighted by atomic mass is 9.74. The van der Waals surface area contributed by atoms with Crippen LogP contribution in [0, 0.1) is 11.8 Å². The van der Waals surface area contributed by atoms with Gasteiger partial charge in [-0.25, -0.2) is 4.79 Å². The molecule has 0 heterocycles. The van der Waals surface area contributed by atoms with Crippen molar-refractivity contribution in [3.05, 3.63) is 29.3 Å². The van der Waals surface area contributed by atoms with E-state index >= 15 is 0 Å². The van der Waals surface area contributed by atoms with Crippen molar-refractivity contribution in [1.82, 2.24) is 0 Å². The molecule has 1 aliphatic carbocycles. The fraction of sp³-hybridized carbons (Fsp3) is 0.696. The van der Waals surface area contributed by atoms with Gasteiger partial charge in [-0.2, -0.15) is 0 Å². The number of aliphatic hydroxyl groups excluding tert-OH is 1. The van der Waals surface area contributed by atoms with Crippen molar-refractivity contribution in [1.29, 1.82) is 0 Å². The van der Waals surface area contributed by atoms with Gasteiger partial charge in [0.1, 0.15) is 5.75 Å². The van der Waals surface area contributed by atoms with E-state index in [-0.39, 0.29) is 25.3 Å². The zero-order valence-electron chi connectivity index (χ0n) is 17.0. The molecule has 1 aliphatic rings. The number of benzene rings is 1. The van der Waals surface area contributed by atoms with Gasteiger partial charge in [0.2, 0.25) is 0 Å². The minimum Gasteiger partial charge on any atom is -0.482 e. The molecule has 0 fully saturated rings. The van der Waals surface area contributed by atoms with Crippen LogP contribution >= 0.6 is 0 Å². The molecule has 1 aromatic rings. The van der Waals surface area contributed by atoms with Crippen LogP contribution in [0.1, 0.15) is 69.4 Å². The van der Waals surface area contributed by atoms with Gasteiger partial charge in [-0.15, -0.1) is 0 Å². The van der Waals surface area contributed by atoms with Gasteiger partial charge in [-0.05, 0) is 74.0 Å². The first-order chi connectivity index (χ1) is 13.5. The van der Waals surface area contributed by atoms with Crippen LogP contribution < -0.4 is 4.74 Å². The van der Waals surface area contributed by atoms with E-state index in [0.717, 1.165) is 63.4 Å². The molecular formula is C23H35FO4. The van der Waals surface area contributed by atoms with Gasteiger partial charge in [0.25, 0.3) is 0 Å². The molecule has 0 saturated carbocycles. The van der Waals surface area contributed by atoms with E-state index in [9.17, 15) is 14.3 Å². The predicted molar refractivity (Wildman–Crippen MR) is 109 cm³/mol. The van der Waals surface area contributed by atoms with Crippen LogP contribution in [0.2, 0.25) is 0 Å². The smallest absolute Gasteiger partial charge is 0.341 e. The monoisotopic (exact) mass is 394 g/mol. The summed E-state index contributed by atoms with van der Waals surface area (Å²) in [5, 5.41) is 19.1. The first kappa shape index (κ1) is 22.7. The minimum absolute atomic E-state index is 0.277. The van der Waals surface area contributed by atoms with Gasteiger partial charge in [-0.3, -0.25) is 4.39 Å². The maximum absolute atomic E-state index is 13.2. The lowest BCUT2D eigenvalue weighted by Gasteiger charge is -2.32. The summed E-state index contributed by atoms with van der Waals surface area (Å²) in [7, 11) is 0. The maximum atomic E-state index is 13.2. The van der Waals surface area contributed by atoms with Crippen molar-refractivity contribution < 1.29 is 24.1 Å². The third-order valence-corrected chi connectivity index (χ3v) is 5.99. The van der Waals surface area contributed by atoms with Gasteiger partial charge in [0, 0.05) is 0 Å². The molecule has 0 radical (unpaired) electrons. The maximum Gasteiger partial charge on any atom is 0.341 e. The molecule has 0 amide bonds. The Morgan fingerprint density at radius 3 is 2.79 bits per heavy atom. The summed E-state index contributed by atoms with van der Waals surface area (Å²) in [6, 6.07) is 5.80. The number of halogens is 1. The molecule has 0 aliphatic heterocycles. The van der Waals surface area contributed by atoms with E-state index < -0.39 is 5.97 Å². The Bertz CT molecular complexity index is 604. The highest BCUT2D eigenvalue weighted by Crippen LogP contribution is 2.38. The van der Waals surface area contributed by atoms with E-state index in [1.165, 1.54) is 5.56 Å². The number of carboxylic acid groups (broad SMARTS) is 1. The number of fused-ring (bicyclic) bond motifs is 1. The van der Waals surface area contributed by atoms with Crippen molar-refractivity contribution in [2.24, 2.45) is 11.8 Å². The predicted octanol–water partition coefficient (Wildman–Crippen LogP) is 4.95. The molecule has 0 spiro atoms. The van der Waals surface area contributed by atoms with E-state index in [1.807, 2.05) is 12.1 Å². The number of aliphatic carboxylic acids is 1. The minimum atomic E-state index is -0.980. The largest absolute Gasteiger partial charge is 0.482 e. The van der Waals surface area contributed by atoms with Gasteiger partial charge in [0.05, 0.1) is 12.8 Å². The standard InChI is InChI=1S/C23H35FO4/c1-2-3-4-7-20(25)11-9-17(13-14-24)18-10-12-21-19(15-18)6-5-8-22(21)28-16-23(26)27/h5-6,8,17-18,20,25H,2-4,7,9-16H2,1H3,(H,26,27)/t17-,18+,20-/m0/s1. The topological polar surface area (TPSA) is 66.8 Å². The first-order valence-corrected chi connectivity index (χ1v) is 10.7. The summed E-state index contributed by atoms with van der Waals surface area (Å²) < 4.78 is 18.6. The van der Waals surface area contributed by atoms with Crippen LogP contribution in [0.4, 0.5) is 4.39 Å². The number of ether oxygens (including phenoxy) is 1. The van der Waals surface area contributed by atoms with Crippen molar-refractivity contribution in [3.63, 3.8) is 0 Å². The SMILES string of the molecule is CCCCC[C@H](O)CC[C@@H](CCF)[C@@H]1CCc2c(cccc2OCC(=O)O)C1. The van der Waals surface area contributed by atoms with E-state index in [4.69, 9.17) is 9.84 Å². The number of carbonyl (C=O) groups is 1. The van der Waals surface area contributed by atoms with Crippen LogP contribution in [0.3, 0.4) is 0 Å². The molecule has 4 nitrogen and oxygen atoms in total. The number of hydrogen-bond acceptors (Lipinski definition) is 3. The van der Waals surface area contributed by atoms with Gasteiger partial charge in [-0.1, -0.05) is 38.3 Å². The summed E-state index contributed by atoms with van der Waals surface area (Å²) in [5.74, 6) is 0.363. The first-order valence-electron chi connectivity index (χ1n) is 10.7. The molecule has 2 rings (SSSR count).